The number of hydrogen-bond acceptors (Lipinski definition) is 2. The maximum atomic E-state index is 14.6. The van der Waals surface area contributed by atoms with Gasteiger partial charge in [-0.05, 0) is 41.2 Å². The van der Waals surface area contributed by atoms with E-state index in [-0.39, 0.29) is 6.55 Å². The van der Waals surface area contributed by atoms with Gasteiger partial charge in [0, 0.05) is 12.2 Å². The first-order valence-corrected chi connectivity index (χ1v) is 10.9. The van der Waals surface area contributed by atoms with Crippen molar-refractivity contribution < 1.29 is 65.9 Å². The summed E-state index contributed by atoms with van der Waals surface area (Å²) in [4.78, 5) is 0. The number of hydrogen-bond donors (Lipinski definition) is 0. The summed E-state index contributed by atoms with van der Waals surface area (Å²) in [5.74, 6) is -37.1. The van der Waals surface area contributed by atoms with E-state index in [2.05, 4.69) is 8.85 Å². The van der Waals surface area contributed by atoms with Gasteiger partial charge in [-0.15, -0.1) is 0 Å². The van der Waals surface area contributed by atoms with Crippen LogP contribution in [0, 0.1) is 0 Å². The molecule has 0 aromatic rings. The van der Waals surface area contributed by atoms with Gasteiger partial charge in [-0.3, -0.25) is 0 Å². The van der Waals surface area contributed by atoms with Crippen molar-refractivity contribution in [1.82, 2.24) is 0 Å². The predicted octanol–water partition coefficient (Wildman–Crippen LogP) is 6.62. The molecule has 16 heteroatoms. The van der Waals surface area contributed by atoms with Gasteiger partial charge < -0.3 is 8.85 Å². The summed E-state index contributed by atoms with van der Waals surface area (Å²) in [6.07, 6.45) is -7.06. The van der Waals surface area contributed by atoms with Crippen molar-refractivity contribution in [3.8, 4) is 0 Å². The Morgan fingerprint density at radius 1 is 0.548 bits per heavy atom. The third-order valence-electron chi connectivity index (χ3n) is 3.99. The summed E-state index contributed by atoms with van der Waals surface area (Å²) < 4.78 is 188. The molecule has 0 aliphatic heterocycles. The van der Waals surface area contributed by atoms with E-state index < -0.39 is 69.0 Å². The van der Waals surface area contributed by atoms with Crippen molar-refractivity contribution in [2.24, 2.45) is 0 Å². The highest BCUT2D eigenvalue weighted by Gasteiger charge is 2.93. The van der Waals surface area contributed by atoms with Crippen LogP contribution < -0.4 is 0 Å². The molecule has 0 rings (SSSR count). The second kappa shape index (κ2) is 8.54. The third kappa shape index (κ3) is 4.52. The second-order valence-electron chi connectivity index (χ2n) is 7.39. The fraction of sp³-hybridized carbons (Fsp3) is 1.00. The van der Waals surface area contributed by atoms with Crippen LogP contribution in [-0.4, -0.2) is 62.1 Å². The average Bonchev–Trinajstić information content (AvgIpc) is 2.51. The summed E-state index contributed by atoms with van der Waals surface area (Å²) in [6, 6.07) is 0. The Morgan fingerprint density at radius 2 is 0.839 bits per heavy atom. The first kappa shape index (κ1) is 30.2. The summed E-state index contributed by atoms with van der Waals surface area (Å²) in [5.41, 5.74) is -6.35. The summed E-state index contributed by atoms with van der Waals surface area (Å²) in [6.45, 7) is 3.51. The minimum Gasteiger partial charge on any atom is -0.388 e. The Kier molecular flexibility index (Phi) is 8.32. The highest BCUT2D eigenvalue weighted by molar-refractivity contribution is 6.69. The van der Waals surface area contributed by atoms with Crippen LogP contribution in [0.4, 0.5) is 57.1 Å². The number of halogens is 13. The molecule has 0 saturated carbocycles. The van der Waals surface area contributed by atoms with Crippen molar-refractivity contribution in [3.63, 3.8) is 0 Å². The van der Waals surface area contributed by atoms with E-state index in [9.17, 15) is 57.1 Å². The molecule has 1 atom stereocenters. The van der Waals surface area contributed by atoms with E-state index in [1.165, 1.54) is 0 Å². The van der Waals surface area contributed by atoms with E-state index in [0.717, 1.165) is 27.7 Å². The lowest BCUT2D eigenvalue weighted by molar-refractivity contribution is -0.423. The monoisotopic (exact) mass is 508 g/mol. The fourth-order valence-electron chi connectivity index (χ4n) is 2.41. The van der Waals surface area contributed by atoms with Crippen LogP contribution in [0.1, 0.15) is 34.6 Å². The molecular weight excluding hydrogens is 487 g/mol. The lowest BCUT2D eigenvalue weighted by Crippen LogP contribution is -2.76. The molecule has 0 aliphatic carbocycles. The van der Waals surface area contributed by atoms with Gasteiger partial charge in [0.15, 0.2) is 6.17 Å². The zero-order chi connectivity index (χ0) is 25.6. The van der Waals surface area contributed by atoms with Gasteiger partial charge >= 0.3 is 43.7 Å². The van der Waals surface area contributed by atoms with Crippen molar-refractivity contribution in [2.75, 3.05) is 0 Å². The number of rotatable bonds is 11. The van der Waals surface area contributed by atoms with Gasteiger partial charge in [0.05, 0.1) is 0 Å². The van der Waals surface area contributed by atoms with Gasteiger partial charge in [0.2, 0.25) is 0 Å². The lowest BCUT2D eigenvalue weighted by Gasteiger charge is -2.45. The van der Waals surface area contributed by atoms with E-state index in [4.69, 9.17) is 0 Å². The van der Waals surface area contributed by atoms with E-state index >= 15 is 0 Å². The Labute approximate surface area is 170 Å². The zero-order valence-electron chi connectivity index (χ0n) is 17.0. The molecule has 0 aromatic carbocycles. The topological polar surface area (TPSA) is 18.5 Å². The van der Waals surface area contributed by atoms with Crippen LogP contribution >= 0.6 is 0 Å². The number of alkyl halides is 13. The Bertz CT molecular complexity index is 610. The SMILES string of the molecule is CC(C)O[Si](C)(OC(C)C)C(F)(F)C(F)(F)C(F)(F)C(F)(F)C(F)(F)C(F)(F)C(C)F. The minimum atomic E-state index is -7.83. The highest BCUT2D eigenvalue weighted by atomic mass is 28.4. The van der Waals surface area contributed by atoms with E-state index in [1.807, 2.05) is 0 Å². The zero-order valence-corrected chi connectivity index (χ0v) is 18.0. The smallest absolute Gasteiger partial charge is 0.388 e. The molecule has 0 saturated heterocycles. The molecular formula is C15H21F13O2Si. The largest absolute Gasteiger partial charge is 0.419 e. The first-order chi connectivity index (χ1) is 13.3. The molecule has 2 nitrogen and oxygen atoms in total. The average molecular weight is 508 g/mol. The summed E-state index contributed by atoms with van der Waals surface area (Å²) >= 11 is 0. The molecule has 188 valence electrons. The van der Waals surface area contributed by atoms with Gasteiger partial charge in [0.25, 0.3) is 0 Å². The second-order valence-corrected chi connectivity index (χ2v) is 10.4. The Morgan fingerprint density at radius 3 is 1.10 bits per heavy atom. The molecule has 0 aliphatic rings. The highest BCUT2D eigenvalue weighted by Crippen LogP contribution is 2.62. The molecule has 0 aromatic heterocycles. The van der Waals surface area contributed by atoms with Crippen LogP contribution in [0.3, 0.4) is 0 Å². The van der Waals surface area contributed by atoms with E-state index in [1.54, 1.807) is 0 Å². The van der Waals surface area contributed by atoms with Crippen molar-refractivity contribution in [1.29, 1.82) is 0 Å². The molecule has 0 bridgehead atoms. The van der Waals surface area contributed by atoms with Crippen molar-refractivity contribution in [2.45, 2.75) is 94.7 Å². The van der Waals surface area contributed by atoms with Crippen molar-refractivity contribution in [3.05, 3.63) is 0 Å². The lowest BCUT2D eigenvalue weighted by atomic mass is 9.92. The van der Waals surface area contributed by atoms with Crippen LogP contribution in [0.25, 0.3) is 0 Å². The standard InChI is InChI=1S/C15H21F13O2Si/c1-7(2)29-31(6,30-8(3)4)15(27,28)14(25,26)13(23,24)12(21,22)11(19,20)10(17,18)9(5)16/h7-9H,1-6H3. The molecule has 0 heterocycles. The van der Waals surface area contributed by atoms with Crippen molar-refractivity contribution >= 4 is 8.56 Å². The molecule has 0 radical (unpaired) electrons. The molecule has 0 amide bonds. The molecule has 0 fully saturated rings. The predicted molar refractivity (Wildman–Crippen MR) is 84.3 cm³/mol. The maximum absolute atomic E-state index is 14.6. The minimum absolute atomic E-state index is 0.0888. The van der Waals surface area contributed by atoms with Gasteiger partial charge in [-0.25, -0.2) is 4.39 Å². The molecule has 31 heavy (non-hydrogen) atoms. The van der Waals surface area contributed by atoms with Crippen LogP contribution in [-0.2, 0) is 8.85 Å². The normalized spacial score (nSPS) is 16.9. The summed E-state index contributed by atoms with van der Waals surface area (Å²) in [5, 5.41) is 0. The van der Waals surface area contributed by atoms with E-state index in [0.29, 0.717) is 0 Å². The van der Waals surface area contributed by atoms with Gasteiger partial charge in [-0.2, -0.15) is 52.7 Å². The Hall–Kier alpha value is -0.773. The summed E-state index contributed by atoms with van der Waals surface area (Å²) in [7, 11) is -5.96. The quantitative estimate of drug-likeness (QED) is 0.231. The third-order valence-corrected chi connectivity index (χ3v) is 7.28. The van der Waals surface area contributed by atoms with Crippen LogP contribution in [0.5, 0.6) is 0 Å². The van der Waals surface area contributed by atoms with Crippen LogP contribution in [0.15, 0.2) is 0 Å². The van der Waals surface area contributed by atoms with Gasteiger partial charge in [-0.1, -0.05) is 0 Å². The van der Waals surface area contributed by atoms with Crippen LogP contribution in [0.2, 0.25) is 6.55 Å². The molecule has 0 spiro atoms. The van der Waals surface area contributed by atoms with Gasteiger partial charge in [0.1, 0.15) is 0 Å². The first-order valence-electron chi connectivity index (χ1n) is 8.54. The Balaban J connectivity index is 6.78. The molecule has 0 N–H and O–H groups in total. The fourth-order valence-corrected chi connectivity index (χ4v) is 5.29. The maximum Gasteiger partial charge on any atom is 0.419 e. The molecule has 1 unspecified atom stereocenters.